The number of anilines is 4. The summed E-state index contributed by atoms with van der Waals surface area (Å²) in [5.74, 6) is 0.671. The van der Waals surface area contributed by atoms with Crippen molar-refractivity contribution in [2.45, 2.75) is 4.90 Å². The maximum atomic E-state index is 13.1. The van der Waals surface area contributed by atoms with Crippen molar-refractivity contribution in [1.82, 2.24) is 4.90 Å². The SMILES string of the molecule is COc1ccc(S(=O)(=O)Nc2ccc(Nc3ccccc3)cc2)cc1N1CCN(C)CC1.Cl. The molecule has 0 unspecified atom stereocenters. The summed E-state index contributed by atoms with van der Waals surface area (Å²) in [5, 5.41) is 3.29. The van der Waals surface area contributed by atoms with Gasteiger partial charge in [0, 0.05) is 43.2 Å². The van der Waals surface area contributed by atoms with Gasteiger partial charge >= 0.3 is 0 Å². The molecule has 176 valence electrons. The summed E-state index contributed by atoms with van der Waals surface area (Å²) >= 11 is 0. The highest BCUT2D eigenvalue weighted by molar-refractivity contribution is 7.92. The molecular weight excluding hydrogens is 460 g/mol. The number of hydrogen-bond donors (Lipinski definition) is 2. The van der Waals surface area contributed by atoms with E-state index in [1.54, 1.807) is 37.4 Å². The minimum atomic E-state index is -3.75. The number of sulfonamides is 1. The van der Waals surface area contributed by atoms with Gasteiger partial charge in [-0.1, -0.05) is 18.2 Å². The summed E-state index contributed by atoms with van der Waals surface area (Å²) in [6.07, 6.45) is 0. The lowest BCUT2D eigenvalue weighted by Gasteiger charge is -2.34. The second-order valence-electron chi connectivity index (χ2n) is 7.80. The Hall–Kier alpha value is -2.94. The first-order valence-corrected chi connectivity index (χ1v) is 12.0. The summed E-state index contributed by atoms with van der Waals surface area (Å²) < 4.78 is 34.3. The first-order chi connectivity index (χ1) is 15.4. The fourth-order valence-electron chi connectivity index (χ4n) is 3.66. The smallest absolute Gasteiger partial charge is 0.261 e. The summed E-state index contributed by atoms with van der Waals surface area (Å²) in [5.41, 5.74) is 3.14. The van der Waals surface area contributed by atoms with Crippen LogP contribution in [0.25, 0.3) is 0 Å². The van der Waals surface area contributed by atoms with Crippen molar-refractivity contribution in [2.75, 3.05) is 55.3 Å². The Morgan fingerprint density at radius 3 is 2.06 bits per heavy atom. The molecule has 3 aromatic carbocycles. The molecule has 1 saturated heterocycles. The number of ether oxygens (including phenoxy) is 1. The number of piperazine rings is 1. The van der Waals surface area contributed by atoms with Crippen LogP contribution in [0.15, 0.2) is 77.7 Å². The lowest BCUT2D eigenvalue weighted by Crippen LogP contribution is -2.44. The van der Waals surface area contributed by atoms with Gasteiger partial charge in [0.25, 0.3) is 10.0 Å². The highest BCUT2D eigenvalue weighted by Crippen LogP contribution is 2.32. The molecule has 0 bridgehead atoms. The molecule has 1 aliphatic rings. The highest BCUT2D eigenvalue weighted by Gasteiger charge is 2.22. The lowest BCUT2D eigenvalue weighted by molar-refractivity contribution is 0.311. The first-order valence-electron chi connectivity index (χ1n) is 10.5. The van der Waals surface area contributed by atoms with Gasteiger partial charge in [0.15, 0.2) is 0 Å². The highest BCUT2D eigenvalue weighted by atomic mass is 35.5. The van der Waals surface area contributed by atoms with Crippen molar-refractivity contribution in [2.24, 2.45) is 0 Å². The third-order valence-electron chi connectivity index (χ3n) is 5.50. The second-order valence-corrected chi connectivity index (χ2v) is 9.48. The van der Waals surface area contributed by atoms with Crippen molar-refractivity contribution < 1.29 is 13.2 Å². The average Bonchev–Trinajstić information content (AvgIpc) is 2.81. The Morgan fingerprint density at radius 1 is 0.818 bits per heavy atom. The number of rotatable bonds is 7. The first kappa shape index (κ1) is 24.7. The zero-order chi connectivity index (χ0) is 22.6. The van der Waals surface area contributed by atoms with Gasteiger partial charge in [-0.05, 0) is 61.6 Å². The van der Waals surface area contributed by atoms with E-state index >= 15 is 0 Å². The van der Waals surface area contributed by atoms with E-state index in [9.17, 15) is 8.42 Å². The van der Waals surface area contributed by atoms with Crippen LogP contribution in [0.4, 0.5) is 22.7 Å². The minimum absolute atomic E-state index is 0. The number of methoxy groups -OCH3 is 1. The van der Waals surface area contributed by atoms with E-state index < -0.39 is 10.0 Å². The molecule has 4 rings (SSSR count). The molecule has 0 spiro atoms. The number of nitrogens with one attached hydrogen (secondary N) is 2. The largest absolute Gasteiger partial charge is 0.495 e. The van der Waals surface area contributed by atoms with E-state index in [0.717, 1.165) is 43.2 Å². The van der Waals surface area contributed by atoms with E-state index in [0.29, 0.717) is 11.4 Å². The molecule has 7 nitrogen and oxygen atoms in total. The van der Waals surface area contributed by atoms with Crippen molar-refractivity contribution in [1.29, 1.82) is 0 Å². The number of halogens is 1. The van der Waals surface area contributed by atoms with Gasteiger partial charge in [0.05, 0.1) is 17.7 Å². The number of benzene rings is 3. The number of hydrogen-bond acceptors (Lipinski definition) is 6. The molecule has 1 heterocycles. The van der Waals surface area contributed by atoms with Crippen molar-refractivity contribution in [3.63, 3.8) is 0 Å². The van der Waals surface area contributed by atoms with Crippen LogP contribution >= 0.6 is 12.4 Å². The zero-order valence-electron chi connectivity index (χ0n) is 18.7. The summed E-state index contributed by atoms with van der Waals surface area (Å²) in [4.78, 5) is 4.63. The molecule has 2 N–H and O–H groups in total. The molecule has 0 atom stereocenters. The molecule has 3 aromatic rings. The maximum Gasteiger partial charge on any atom is 0.261 e. The number of nitrogens with zero attached hydrogens (tertiary/aromatic N) is 2. The standard InChI is InChI=1S/C24H28N4O3S.ClH/c1-27-14-16-28(17-15-27)23-18-22(12-13-24(23)31-2)32(29,30)26-21-10-8-20(9-11-21)25-19-6-4-3-5-7-19;/h3-13,18,25-26H,14-17H2,1-2H3;1H. The van der Waals surface area contributed by atoms with Crippen LogP contribution in [-0.2, 0) is 10.0 Å². The van der Waals surface area contributed by atoms with Crippen LogP contribution in [0.3, 0.4) is 0 Å². The lowest BCUT2D eigenvalue weighted by atomic mass is 10.2. The summed E-state index contributed by atoms with van der Waals surface area (Å²) in [6, 6.07) is 22.0. The van der Waals surface area contributed by atoms with Crippen molar-refractivity contribution in [3.05, 3.63) is 72.8 Å². The fourth-order valence-corrected chi connectivity index (χ4v) is 4.73. The Labute approximate surface area is 201 Å². The molecule has 9 heteroatoms. The third-order valence-corrected chi connectivity index (χ3v) is 6.88. The predicted octanol–water partition coefficient (Wildman–Crippen LogP) is 4.41. The van der Waals surface area contributed by atoms with E-state index in [1.165, 1.54) is 0 Å². The Bertz CT molecular complexity index is 1150. The fraction of sp³-hybridized carbons (Fsp3) is 0.250. The molecule has 0 saturated carbocycles. The quantitative estimate of drug-likeness (QED) is 0.513. The van der Waals surface area contributed by atoms with Crippen LogP contribution in [0, 0.1) is 0 Å². The van der Waals surface area contributed by atoms with Gasteiger partial charge in [0.1, 0.15) is 5.75 Å². The van der Waals surface area contributed by atoms with Gasteiger partial charge in [0.2, 0.25) is 0 Å². The van der Waals surface area contributed by atoms with E-state index in [-0.39, 0.29) is 17.3 Å². The molecular formula is C24H29ClN4O3S. The van der Waals surface area contributed by atoms with E-state index in [1.807, 2.05) is 42.5 Å². The summed E-state index contributed by atoms with van der Waals surface area (Å²) in [6.45, 7) is 3.48. The Kier molecular flexibility index (Phi) is 8.07. The van der Waals surface area contributed by atoms with Crippen LogP contribution in [0.1, 0.15) is 0 Å². The molecule has 33 heavy (non-hydrogen) atoms. The molecule has 0 amide bonds. The van der Waals surface area contributed by atoms with Crippen LogP contribution in [-0.4, -0.2) is 53.7 Å². The van der Waals surface area contributed by atoms with Gasteiger partial charge in [-0.15, -0.1) is 12.4 Å². The number of likely N-dealkylation sites (N-methyl/N-ethyl adjacent to an activating group) is 1. The van der Waals surface area contributed by atoms with Crippen molar-refractivity contribution in [3.8, 4) is 5.75 Å². The van der Waals surface area contributed by atoms with Gasteiger partial charge in [-0.3, -0.25) is 4.72 Å². The van der Waals surface area contributed by atoms with E-state index in [2.05, 4.69) is 26.9 Å². The Morgan fingerprint density at radius 2 is 1.42 bits per heavy atom. The molecule has 1 fully saturated rings. The van der Waals surface area contributed by atoms with E-state index in [4.69, 9.17) is 4.74 Å². The second kappa shape index (κ2) is 10.8. The topological polar surface area (TPSA) is 73.9 Å². The Balaban J connectivity index is 0.00000306. The molecule has 0 aromatic heterocycles. The van der Waals surface area contributed by atoms with Crippen LogP contribution in [0.2, 0.25) is 0 Å². The minimum Gasteiger partial charge on any atom is -0.495 e. The van der Waals surface area contributed by atoms with Crippen molar-refractivity contribution >= 4 is 45.2 Å². The monoisotopic (exact) mass is 488 g/mol. The van der Waals surface area contributed by atoms with Gasteiger partial charge < -0.3 is 19.9 Å². The molecule has 0 aliphatic carbocycles. The van der Waals surface area contributed by atoms with Crippen LogP contribution < -0.4 is 19.7 Å². The molecule has 1 aliphatic heterocycles. The molecule has 0 radical (unpaired) electrons. The average molecular weight is 489 g/mol. The van der Waals surface area contributed by atoms with Crippen LogP contribution in [0.5, 0.6) is 5.75 Å². The normalized spacial score (nSPS) is 14.3. The maximum absolute atomic E-state index is 13.1. The predicted molar refractivity (Wildman–Crippen MR) is 137 cm³/mol. The zero-order valence-corrected chi connectivity index (χ0v) is 20.3. The van der Waals surface area contributed by atoms with Gasteiger partial charge in [-0.2, -0.15) is 0 Å². The number of para-hydroxylation sites is 1. The summed E-state index contributed by atoms with van der Waals surface area (Å²) in [7, 11) is -0.0581. The van der Waals surface area contributed by atoms with Gasteiger partial charge in [-0.25, -0.2) is 8.42 Å². The third kappa shape index (κ3) is 6.10.